The Kier molecular flexibility index (Phi) is 3.73. The number of pyridine rings is 1. The van der Waals surface area contributed by atoms with Crippen LogP contribution in [0.15, 0.2) is 0 Å². The molecule has 2 rings (SSSR count). The minimum absolute atomic E-state index is 0.284. The van der Waals surface area contributed by atoms with Crippen LogP contribution in [0.1, 0.15) is 48.8 Å². The van der Waals surface area contributed by atoms with Gasteiger partial charge in [0.15, 0.2) is 0 Å². The third-order valence-corrected chi connectivity index (χ3v) is 3.55. The molecule has 0 fully saturated rings. The van der Waals surface area contributed by atoms with Crippen molar-refractivity contribution in [2.24, 2.45) is 5.73 Å². The average Bonchev–Trinajstić information content (AvgIpc) is 2.77. The van der Waals surface area contributed by atoms with Gasteiger partial charge in [0.05, 0.1) is 18.8 Å². The zero-order valence-corrected chi connectivity index (χ0v) is 12.9. The van der Waals surface area contributed by atoms with E-state index in [1.807, 2.05) is 34.6 Å². The highest BCUT2D eigenvalue weighted by molar-refractivity contribution is 5.69. The molecular formula is C15H23N3O2. The molecule has 0 aliphatic carbocycles. The lowest BCUT2D eigenvalue weighted by atomic mass is 10.0. The normalized spacial score (nSPS) is 14.4. The number of aryl methyl sites for hydroxylation is 1. The number of carbonyl (C=O) groups is 1. The highest BCUT2D eigenvalue weighted by atomic mass is 16.6. The standard InChI is InChI=1S/C15H23N3O2/c1-9-10(2)17-13(6-16)12-8-18(7-11(9)12)14(19)20-15(3,4)5/h6-8,16H2,1-5H3. The molecule has 0 atom stereocenters. The van der Waals surface area contributed by atoms with Crippen molar-refractivity contribution in [3.63, 3.8) is 0 Å². The molecule has 1 aromatic heterocycles. The zero-order valence-electron chi connectivity index (χ0n) is 12.9. The Balaban J connectivity index is 2.27. The number of amides is 1. The van der Waals surface area contributed by atoms with E-state index in [9.17, 15) is 4.79 Å². The van der Waals surface area contributed by atoms with Crippen molar-refractivity contribution in [1.82, 2.24) is 9.88 Å². The molecule has 110 valence electrons. The zero-order chi connectivity index (χ0) is 15.1. The Morgan fingerprint density at radius 3 is 2.45 bits per heavy atom. The van der Waals surface area contributed by atoms with Crippen molar-refractivity contribution in [3.8, 4) is 0 Å². The van der Waals surface area contributed by atoms with Crippen molar-refractivity contribution >= 4 is 6.09 Å². The first kappa shape index (κ1) is 14.8. The fraction of sp³-hybridized carbons (Fsp3) is 0.600. The van der Waals surface area contributed by atoms with Gasteiger partial charge < -0.3 is 10.5 Å². The minimum atomic E-state index is -0.480. The molecule has 2 heterocycles. The van der Waals surface area contributed by atoms with Gasteiger partial charge in [-0.1, -0.05) is 0 Å². The summed E-state index contributed by atoms with van der Waals surface area (Å²) in [6, 6.07) is 0. The van der Waals surface area contributed by atoms with Crippen molar-refractivity contribution in [1.29, 1.82) is 0 Å². The molecule has 5 nitrogen and oxygen atoms in total. The van der Waals surface area contributed by atoms with Gasteiger partial charge in [-0.25, -0.2) is 4.79 Å². The van der Waals surface area contributed by atoms with Gasteiger partial charge in [-0.3, -0.25) is 9.88 Å². The Morgan fingerprint density at radius 1 is 1.30 bits per heavy atom. The maximum atomic E-state index is 12.2. The Morgan fingerprint density at radius 2 is 1.90 bits per heavy atom. The first-order chi connectivity index (χ1) is 9.23. The molecule has 0 aromatic carbocycles. The van der Waals surface area contributed by atoms with Crippen molar-refractivity contribution in [3.05, 3.63) is 28.1 Å². The van der Waals surface area contributed by atoms with Gasteiger partial charge in [0.25, 0.3) is 0 Å². The number of rotatable bonds is 1. The molecule has 0 unspecified atom stereocenters. The highest BCUT2D eigenvalue weighted by Gasteiger charge is 2.30. The SMILES string of the molecule is Cc1nc(CN)c2c(c1C)CN(C(=O)OC(C)(C)C)C2. The van der Waals surface area contributed by atoms with E-state index in [2.05, 4.69) is 4.98 Å². The lowest BCUT2D eigenvalue weighted by molar-refractivity contribution is 0.0241. The lowest BCUT2D eigenvalue weighted by Gasteiger charge is -2.24. The summed E-state index contributed by atoms with van der Waals surface area (Å²) in [5.41, 5.74) is 10.5. The van der Waals surface area contributed by atoms with Gasteiger partial charge in [0.1, 0.15) is 5.60 Å². The number of hydrogen-bond acceptors (Lipinski definition) is 4. The lowest BCUT2D eigenvalue weighted by Crippen LogP contribution is -2.33. The monoisotopic (exact) mass is 277 g/mol. The topological polar surface area (TPSA) is 68.5 Å². The molecule has 2 N–H and O–H groups in total. The second-order valence-electron chi connectivity index (χ2n) is 6.27. The summed E-state index contributed by atoms with van der Waals surface area (Å²) in [6.07, 6.45) is -0.284. The molecule has 1 aliphatic rings. The largest absolute Gasteiger partial charge is 0.444 e. The van der Waals surface area contributed by atoms with E-state index in [4.69, 9.17) is 10.5 Å². The van der Waals surface area contributed by atoms with E-state index < -0.39 is 5.60 Å². The summed E-state index contributed by atoms with van der Waals surface area (Å²) < 4.78 is 5.43. The molecule has 0 spiro atoms. The molecule has 0 radical (unpaired) electrons. The Bertz CT molecular complexity index is 547. The van der Waals surface area contributed by atoms with Crippen LogP contribution in [0.5, 0.6) is 0 Å². The van der Waals surface area contributed by atoms with Crippen LogP contribution >= 0.6 is 0 Å². The number of fused-ring (bicyclic) bond motifs is 1. The van der Waals surface area contributed by atoms with Gasteiger partial charge in [-0.2, -0.15) is 0 Å². The average molecular weight is 277 g/mol. The summed E-state index contributed by atoms with van der Waals surface area (Å²) in [7, 11) is 0. The van der Waals surface area contributed by atoms with Crippen molar-refractivity contribution in [2.45, 2.75) is 59.9 Å². The van der Waals surface area contributed by atoms with E-state index in [1.165, 1.54) is 5.56 Å². The highest BCUT2D eigenvalue weighted by Crippen LogP contribution is 2.30. The van der Waals surface area contributed by atoms with Crippen LogP contribution in [-0.4, -0.2) is 21.6 Å². The van der Waals surface area contributed by atoms with Crippen LogP contribution in [0.3, 0.4) is 0 Å². The molecule has 20 heavy (non-hydrogen) atoms. The van der Waals surface area contributed by atoms with Gasteiger partial charge in [-0.05, 0) is 51.3 Å². The fourth-order valence-corrected chi connectivity index (χ4v) is 2.44. The van der Waals surface area contributed by atoms with Crippen LogP contribution in [0.2, 0.25) is 0 Å². The summed E-state index contributed by atoms with van der Waals surface area (Å²) in [5.74, 6) is 0. The van der Waals surface area contributed by atoms with E-state index in [1.54, 1.807) is 4.90 Å². The van der Waals surface area contributed by atoms with E-state index >= 15 is 0 Å². The Labute approximate surface area is 120 Å². The number of carbonyl (C=O) groups excluding carboxylic acids is 1. The van der Waals surface area contributed by atoms with E-state index in [-0.39, 0.29) is 6.09 Å². The van der Waals surface area contributed by atoms with Gasteiger partial charge in [-0.15, -0.1) is 0 Å². The predicted molar refractivity (Wildman–Crippen MR) is 77.1 cm³/mol. The maximum absolute atomic E-state index is 12.2. The summed E-state index contributed by atoms with van der Waals surface area (Å²) in [4.78, 5) is 18.4. The Hall–Kier alpha value is -1.62. The van der Waals surface area contributed by atoms with Crippen molar-refractivity contribution in [2.75, 3.05) is 0 Å². The van der Waals surface area contributed by atoms with Crippen LogP contribution in [-0.2, 0) is 24.4 Å². The summed E-state index contributed by atoms with van der Waals surface area (Å²) in [5, 5.41) is 0. The summed E-state index contributed by atoms with van der Waals surface area (Å²) >= 11 is 0. The number of nitrogens with zero attached hydrogens (tertiary/aromatic N) is 2. The smallest absolute Gasteiger partial charge is 0.410 e. The van der Waals surface area contributed by atoms with Crippen LogP contribution in [0, 0.1) is 13.8 Å². The molecule has 0 bridgehead atoms. The number of aromatic nitrogens is 1. The molecular weight excluding hydrogens is 254 g/mol. The van der Waals surface area contributed by atoms with Crippen LogP contribution in [0.4, 0.5) is 4.79 Å². The molecule has 1 aliphatic heterocycles. The third kappa shape index (κ3) is 2.77. The summed E-state index contributed by atoms with van der Waals surface area (Å²) in [6.45, 7) is 11.1. The first-order valence-electron chi connectivity index (χ1n) is 6.88. The van der Waals surface area contributed by atoms with E-state index in [0.717, 1.165) is 22.5 Å². The molecule has 1 amide bonds. The predicted octanol–water partition coefficient (Wildman–Crippen LogP) is 2.41. The maximum Gasteiger partial charge on any atom is 0.410 e. The van der Waals surface area contributed by atoms with Gasteiger partial charge in [0.2, 0.25) is 0 Å². The fourth-order valence-electron chi connectivity index (χ4n) is 2.44. The van der Waals surface area contributed by atoms with Gasteiger partial charge in [0, 0.05) is 12.2 Å². The molecule has 0 saturated carbocycles. The first-order valence-corrected chi connectivity index (χ1v) is 6.88. The second kappa shape index (κ2) is 5.05. The quantitative estimate of drug-likeness (QED) is 0.856. The van der Waals surface area contributed by atoms with Crippen LogP contribution < -0.4 is 5.73 Å². The number of ether oxygens (including phenoxy) is 1. The van der Waals surface area contributed by atoms with Crippen LogP contribution in [0.25, 0.3) is 0 Å². The second-order valence-corrected chi connectivity index (χ2v) is 6.27. The van der Waals surface area contributed by atoms with Gasteiger partial charge >= 0.3 is 6.09 Å². The molecule has 5 heteroatoms. The molecule has 1 aromatic rings. The van der Waals surface area contributed by atoms with E-state index in [0.29, 0.717) is 19.6 Å². The number of hydrogen-bond donors (Lipinski definition) is 1. The molecule has 0 saturated heterocycles. The number of nitrogens with two attached hydrogens (primary N) is 1. The van der Waals surface area contributed by atoms with Crippen molar-refractivity contribution < 1.29 is 9.53 Å². The third-order valence-electron chi connectivity index (χ3n) is 3.55. The minimum Gasteiger partial charge on any atom is -0.444 e.